The Hall–Kier alpha value is -3.81. The highest BCUT2D eigenvalue weighted by molar-refractivity contribution is 6.01. The number of rotatable bonds is 4. The molecule has 4 heterocycles. The highest BCUT2D eigenvalue weighted by atomic mass is 19.1. The van der Waals surface area contributed by atoms with E-state index < -0.39 is 11.9 Å². The van der Waals surface area contributed by atoms with Crippen molar-refractivity contribution in [2.75, 3.05) is 25.1 Å². The van der Waals surface area contributed by atoms with Gasteiger partial charge in [-0.2, -0.15) is 10.4 Å². The van der Waals surface area contributed by atoms with Gasteiger partial charge < -0.3 is 20.1 Å². The highest BCUT2D eigenvalue weighted by Gasteiger charge is 2.33. The van der Waals surface area contributed by atoms with Crippen LogP contribution in [-0.2, 0) is 11.3 Å². The van der Waals surface area contributed by atoms with Crippen molar-refractivity contribution >= 4 is 11.7 Å². The molecule has 2 aliphatic rings. The van der Waals surface area contributed by atoms with E-state index in [0.29, 0.717) is 35.9 Å². The third-order valence-corrected chi connectivity index (χ3v) is 5.79. The molecule has 0 spiro atoms. The summed E-state index contributed by atoms with van der Waals surface area (Å²) in [6.45, 7) is 1.05. The van der Waals surface area contributed by atoms with Gasteiger partial charge in [0.15, 0.2) is 5.82 Å². The summed E-state index contributed by atoms with van der Waals surface area (Å²) in [5.41, 5.74) is 1.73. The van der Waals surface area contributed by atoms with Crippen LogP contribution in [-0.4, -0.2) is 58.2 Å². The van der Waals surface area contributed by atoms with E-state index in [1.807, 2.05) is 11.0 Å². The Balaban J connectivity index is 1.61. The first-order valence-electron chi connectivity index (χ1n) is 10.0. The number of aromatic nitrogens is 3. The zero-order chi connectivity index (χ0) is 22.4. The van der Waals surface area contributed by atoms with Crippen LogP contribution in [0.15, 0.2) is 36.5 Å². The first-order chi connectivity index (χ1) is 15.5. The van der Waals surface area contributed by atoms with Crippen LogP contribution in [0.2, 0.25) is 0 Å². The van der Waals surface area contributed by atoms with Gasteiger partial charge in [0.05, 0.1) is 52.5 Å². The number of pyridine rings is 1. The van der Waals surface area contributed by atoms with E-state index in [2.05, 4.69) is 15.4 Å². The molecule has 2 aliphatic heterocycles. The quantitative estimate of drug-likeness (QED) is 0.637. The molecule has 32 heavy (non-hydrogen) atoms. The smallest absolute Gasteiger partial charge is 0.255 e. The molecule has 9 nitrogen and oxygen atoms in total. The lowest BCUT2D eigenvalue weighted by molar-refractivity contribution is 0.0217. The topological polar surface area (TPSA) is 116 Å². The summed E-state index contributed by atoms with van der Waals surface area (Å²) in [7, 11) is 1.55. The number of benzene rings is 1. The van der Waals surface area contributed by atoms with Gasteiger partial charge in [-0.15, -0.1) is 0 Å². The van der Waals surface area contributed by atoms with Crippen molar-refractivity contribution < 1.29 is 19.0 Å². The lowest BCUT2D eigenvalue weighted by atomic mass is 10.0. The number of halogens is 1. The Bertz CT molecular complexity index is 1270. The number of aliphatic hydroxyl groups excluding tert-OH is 1. The molecule has 1 fully saturated rings. The summed E-state index contributed by atoms with van der Waals surface area (Å²) in [6, 6.07) is 9.59. The summed E-state index contributed by atoms with van der Waals surface area (Å²) in [5, 5.41) is 26.9. The van der Waals surface area contributed by atoms with Crippen LogP contribution in [0.25, 0.3) is 16.9 Å². The maximum atomic E-state index is 14.7. The molecule has 162 valence electrons. The number of carbonyl (C=O) groups excluding carboxylic acids is 1. The summed E-state index contributed by atoms with van der Waals surface area (Å²) in [5.74, 6) is -0.258. The number of nitrogens with zero attached hydrogens (tertiary/aromatic N) is 5. The molecule has 3 aromatic rings. The van der Waals surface area contributed by atoms with Gasteiger partial charge in [-0.05, 0) is 18.2 Å². The van der Waals surface area contributed by atoms with Gasteiger partial charge in [0.2, 0.25) is 0 Å². The fourth-order valence-corrected chi connectivity index (χ4v) is 4.19. The minimum absolute atomic E-state index is 0.0800. The number of nitrogens with one attached hydrogen (secondary N) is 1. The second-order valence-corrected chi connectivity index (χ2v) is 7.67. The first-order valence-corrected chi connectivity index (χ1v) is 10.0. The number of hydrogen-bond acceptors (Lipinski definition) is 7. The van der Waals surface area contributed by atoms with Crippen LogP contribution in [0, 0.1) is 17.1 Å². The molecule has 2 aromatic heterocycles. The number of ether oxygens (including phenoxy) is 1. The molecule has 1 saturated heterocycles. The number of carbonyl (C=O) groups is 1. The van der Waals surface area contributed by atoms with Gasteiger partial charge >= 0.3 is 0 Å². The molecule has 1 aromatic carbocycles. The van der Waals surface area contributed by atoms with E-state index in [1.165, 1.54) is 22.9 Å². The van der Waals surface area contributed by atoms with Crippen molar-refractivity contribution in [1.82, 2.24) is 20.1 Å². The number of fused-ring (bicyclic) bond motifs is 1. The fraction of sp³-hybridized carbons (Fsp3) is 0.273. The van der Waals surface area contributed by atoms with Gasteiger partial charge in [0.25, 0.3) is 5.91 Å². The summed E-state index contributed by atoms with van der Waals surface area (Å²) < 4.78 is 21.5. The Morgan fingerprint density at radius 2 is 2.16 bits per heavy atom. The van der Waals surface area contributed by atoms with Crippen LogP contribution in [0.4, 0.5) is 10.2 Å². The first kappa shape index (κ1) is 20.1. The average molecular weight is 434 g/mol. The second-order valence-electron chi connectivity index (χ2n) is 7.67. The highest BCUT2D eigenvalue weighted by Crippen LogP contribution is 2.32. The van der Waals surface area contributed by atoms with E-state index in [9.17, 15) is 19.6 Å². The molecular weight excluding hydrogens is 415 g/mol. The summed E-state index contributed by atoms with van der Waals surface area (Å²) in [4.78, 5) is 18.9. The minimum Gasteiger partial charge on any atom is -0.388 e. The molecule has 0 bridgehead atoms. The molecular formula is C22H19FN6O3. The summed E-state index contributed by atoms with van der Waals surface area (Å²) in [6.07, 6.45) is 0.755. The number of β-amino-alcohol motifs (C(OH)–C–C–N with tert-alkyl or cyclic N) is 1. The van der Waals surface area contributed by atoms with E-state index >= 15 is 0 Å². The maximum absolute atomic E-state index is 14.7. The van der Waals surface area contributed by atoms with Crippen LogP contribution < -0.4 is 10.2 Å². The van der Waals surface area contributed by atoms with E-state index in [4.69, 9.17) is 4.74 Å². The van der Waals surface area contributed by atoms with Crippen LogP contribution >= 0.6 is 0 Å². The number of aliphatic hydroxyl groups is 1. The molecule has 1 amide bonds. The van der Waals surface area contributed by atoms with Crippen molar-refractivity contribution in [1.29, 1.82) is 5.26 Å². The monoisotopic (exact) mass is 434 g/mol. The number of anilines is 1. The number of amides is 1. The number of methoxy groups -OCH3 is 1. The predicted octanol–water partition coefficient (Wildman–Crippen LogP) is 1.38. The van der Waals surface area contributed by atoms with Gasteiger partial charge in [-0.3, -0.25) is 4.79 Å². The number of nitriles is 1. The second kappa shape index (κ2) is 7.71. The number of hydrogen-bond donors (Lipinski definition) is 2. The minimum atomic E-state index is -0.627. The lowest BCUT2D eigenvalue weighted by Gasteiger charge is -2.15. The van der Waals surface area contributed by atoms with Crippen LogP contribution in [0.3, 0.4) is 0 Å². The van der Waals surface area contributed by atoms with Gasteiger partial charge in [-0.25, -0.2) is 14.1 Å². The van der Waals surface area contributed by atoms with Gasteiger partial charge in [-0.1, -0.05) is 6.07 Å². The lowest BCUT2D eigenvalue weighted by Crippen LogP contribution is -2.25. The summed E-state index contributed by atoms with van der Waals surface area (Å²) >= 11 is 0. The van der Waals surface area contributed by atoms with E-state index in [1.54, 1.807) is 25.4 Å². The molecule has 5 rings (SSSR count). The van der Waals surface area contributed by atoms with Gasteiger partial charge in [0, 0.05) is 32.5 Å². The Morgan fingerprint density at radius 3 is 2.91 bits per heavy atom. The third kappa shape index (κ3) is 3.19. The van der Waals surface area contributed by atoms with Crippen LogP contribution in [0.1, 0.15) is 21.6 Å². The SMILES string of the molecule is COC1CN(c2ccn(-c3cc(-c4c(F)cccc4C#N)nc4c3C(=O)NC4)n2)C[C@H]1O. The predicted molar refractivity (Wildman–Crippen MR) is 112 cm³/mol. The standard InChI is InChI=1S/C22H19FN6O3/c1-32-18-11-28(10-17(18)30)19-5-6-29(27-19)16-7-14(26-15-9-25-22(31)21(15)16)20-12(8-24)3-2-4-13(20)23/h2-7,17-18,30H,9-11H2,1H3,(H,25,31)/t17-,18?/m1/s1. The van der Waals surface area contributed by atoms with Crippen LogP contribution in [0.5, 0.6) is 0 Å². The fourth-order valence-electron chi connectivity index (χ4n) is 4.19. The third-order valence-electron chi connectivity index (χ3n) is 5.79. The molecule has 2 atom stereocenters. The Labute approximate surface area is 182 Å². The maximum Gasteiger partial charge on any atom is 0.255 e. The largest absolute Gasteiger partial charge is 0.388 e. The van der Waals surface area contributed by atoms with Crippen molar-refractivity contribution in [3.05, 3.63) is 59.2 Å². The molecule has 1 unspecified atom stereocenters. The van der Waals surface area contributed by atoms with Crippen molar-refractivity contribution in [2.24, 2.45) is 0 Å². The van der Waals surface area contributed by atoms with Crippen molar-refractivity contribution in [3.63, 3.8) is 0 Å². The normalized spacial score (nSPS) is 19.7. The van der Waals surface area contributed by atoms with Crippen molar-refractivity contribution in [2.45, 2.75) is 18.8 Å². The molecule has 2 N–H and O–H groups in total. The molecule has 0 aliphatic carbocycles. The van der Waals surface area contributed by atoms with E-state index in [0.717, 1.165) is 0 Å². The van der Waals surface area contributed by atoms with E-state index in [-0.39, 0.29) is 35.4 Å². The Kier molecular flexibility index (Phi) is 4.84. The molecule has 10 heteroatoms. The zero-order valence-corrected chi connectivity index (χ0v) is 17.1. The Morgan fingerprint density at radius 1 is 1.31 bits per heavy atom. The van der Waals surface area contributed by atoms with Gasteiger partial charge in [0.1, 0.15) is 11.9 Å². The zero-order valence-electron chi connectivity index (χ0n) is 17.1. The average Bonchev–Trinajstić information content (AvgIpc) is 3.51. The van der Waals surface area contributed by atoms with Crippen molar-refractivity contribution in [3.8, 4) is 23.0 Å². The molecule has 0 saturated carbocycles. The molecule has 0 radical (unpaired) electrons.